The van der Waals surface area contributed by atoms with Crippen molar-refractivity contribution in [3.05, 3.63) is 29.8 Å². The molecule has 2 N–H and O–H groups in total. The van der Waals surface area contributed by atoms with Crippen LogP contribution in [0.4, 0.5) is 4.79 Å². The van der Waals surface area contributed by atoms with Crippen LogP contribution in [0.5, 0.6) is 0 Å². The average Bonchev–Trinajstić information content (AvgIpc) is 2.93. The van der Waals surface area contributed by atoms with E-state index in [2.05, 4.69) is 10.7 Å². The maximum Gasteiger partial charge on any atom is 0.494 e. The number of nitrogens with zero attached hydrogens (tertiary/aromatic N) is 1. The largest absolute Gasteiger partial charge is 0.494 e. The maximum atomic E-state index is 13.3. The van der Waals surface area contributed by atoms with E-state index in [0.29, 0.717) is 13.0 Å². The molecule has 1 aromatic carbocycles. The van der Waals surface area contributed by atoms with Crippen molar-refractivity contribution in [2.24, 2.45) is 0 Å². The van der Waals surface area contributed by atoms with Crippen LogP contribution in [0.2, 0.25) is 0 Å². The number of amides is 2. The molecular formula is C24H38BN3O5. The second-order valence-corrected chi connectivity index (χ2v) is 10.8. The van der Waals surface area contributed by atoms with Gasteiger partial charge in [-0.1, -0.05) is 24.3 Å². The molecule has 2 aliphatic heterocycles. The van der Waals surface area contributed by atoms with Gasteiger partial charge < -0.3 is 19.4 Å². The van der Waals surface area contributed by atoms with Gasteiger partial charge in [0.05, 0.1) is 11.2 Å². The molecule has 0 radical (unpaired) electrons. The Morgan fingerprint density at radius 1 is 1.18 bits per heavy atom. The fourth-order valence-corrected chi connectivity index (χ4v) is 3.80. The SMILES string of the molecule is CC(C)(C)OC(=O)N[C@@H](Cc1cccc(B2OC(C)(C)C(C)(C)O2)c1)C(=O)N1CCCCN1. The van der Waals surface area contributed by atoms with E-state index in [4.69, 9.17) is 14.0 Å². The highest BCUT2D eigenvalue weighted by molar-refractivity contribution is 6.62. The number of ether oxygens (including phenoxy) is 1. The lowest BCUT2D eigenvalue weighted by Crippen LogP contribution is -2.56. The number of benzene rings is 1. The van der Waals surface area contributed by atoms with Gasteiger partial charge in [0, 0.05) is 19.5 Å². The van der Waals surface area contributed by atoms with E-state index in [9.17, 15) is 9.59 Å². The van der Waals surface area contributed by atoms with Crippen molar-refractivity contribution in [3.63, 3.8) is 0 Å². The smallest absolute Gasteiger partial charge is 0.444 e. The standard InChI is InChI=1S/C24H38BN3O5/c1-22(2,3)31-21(30)27-19(20(29)28-14-9-8-13-26-28)16-17-11-10-12-18(15-17)25-32-23(4,5)24(6,7)33-25/h10-12,15,19,26H,8-9,13-14,16H2,1-7H3,(H,27,30)/t19-/m0/s1. The Balaban J connectivity index is 1.78. The second-order valence-electron chi connectivity index (χ2n) is 10.8. The van der Waals surface area contributed by atoms with Gasteiger partial charge in [-0.25, -0.2) is 10.2 Å². The van der Waals surface area contributed by atoms with Gasteiger partial charge in [0.25, 0.3) is 5.91 Å². The maximum absolute atomic E-state index is 13.3. The van der Waals surface area contributed by atoms with Crippen LogP contribution in [-0.2, 0) is 25.3 Å². The Hall–Kier alpha value is -2.10. The van der Waals surface area contributed by atoms with Crippen LogP contribution in [-0.4, -0.2) is 60.1 Å². The lowest BCUT2D eigenvalue weighted by atomic mass is 9.78. The van der Waals surface area contributed by atoms with Crippen LogP contribution in [0.25, 0.3) is 0 Å². The van der Waals surface area contributed by atoms with E-state index in [1.807, 2.05) is 52.0 Å². The van der Waals surface area contributed by atoms with Crippen molar-refractivity contribution in [1.82, 2.24) is 15.8 Å². The summed E-state index contributed by atoms with van der Waals surface area (Å²) in [4.78, 5) is 25.8. The molecule has 3 rings (SSSR count). The van der Waals surface area contributed by atoms with Gasteiger partial charge >= 0.3 is 13.2 Å². The molecule has 0 aliphatic carbocycles. The molecule has 1 aromatic rings. The van der Waals surface area contributed by atoms with Gasteiger partial charge in [0.1, 0.15) is 11.6 Å². The van der Waals surface area contributed by atoms with Gasteiger partial charge in [-0.05, 0) is 72.3 Å². The number of carbonyl (C=O) groups is 2. The van der Waals surface area contributed by atoms with E-state index in [-0.39, 0.29) is 5.91 Å². The molecule has 0 saturated carbocycles. The highest BCUT2D eigenvalue weighted by Crippen LogP contribution is 2.36. The minimum Gasteiger partial charge on any atom is -0.444 e. The van der Waals surface area contributed by atoms with Crippen LogP contribution in [0.15, 0.2) is 24.3 Å². The van der Waals surface area contributed by atoms with Crippen molar-refractivity contribution in [2.75, 3.05) is 13.1 Å². The minimum atomic E-state index is -0.765. The highest BCUT2D eigenvalue weighted by Gasteiger charge is 2.51. The van der Waals surface area contributed by atoms with Crippen LogP contribution >= 0.6 is 0 Å². The molecule has 0 bridgehead atoms. The Bertz CT molecular complexity index is 846. The zero-order chi connectivity index (χ0) is 24.4. The molecule has 1 atom stereocenters. The zero-order valence-electron chi connectivity index (χ0n) is 21.0. The van der Waals surface area contributed by atoms with Crippen molar-refractivity contribution in [1.29, 1.82) is 0 Å². The lowest BCUT2D eigenvalue weighted by Gasteiger charge is -2.32. The second kappa shape index (κ2) is 9.64. The monoisotopic (exact) mass is 459 g/mol. The molecule has 2 heterocycles. The van der Waals surface area contributed by atoms with Gasteiger partial charge in [-0.3, -0.25) is 9.80 Å². The summed E-state index contributed by atoms with van der Waals surface area (Å²) in [5, 5.41) is 4.38. The number of hydrazine groups is 1. The topological polar surface area (TPSA) is 89.1 Å². The Labute approximate surface area is 197 Å². The van der Waals surface area contributed by atoms with Crippen molar-refractivity contribution in [3.8, 4) is 0 Å². The van der Waals surface area contributed by atoms with E-state index in [1.54, 1.807) is 25.8 Å². The minimum absolute atomic E-state index is 0.179. The summed E-state index contributed by atoms with van der Waals surface area (Å²) in [6.07, 6.45) is 1.66. The molecule has 2 fully saturated rings. The third-order valence-corrected chi connectivity index (χ3v) is 6.28. The molecule has 0 unspecified atom stereocenters. The predicted octanol–water partition coefficient (Wildman–Crippen LogP) is 2.55. The quantitative estimate of drug-likeness (QED) is 0.658. The van der Waals surface area contributed by atoms with E-state index in [0.717, 1.165) is 30.4 Å². The fraction of sp³-hybridized carbons (Fsp3) is 0.667. The lowest BCUT2D eigenvalue weighted by molar-refractivity contribution is -0.137. The first-order valence-electron chi connectivity index (χ1n) is 11.8. The molecular weight excluding hydrogens is 421 g/mol. The number of hydrogen-bond acceptors (Lipinski definition) is 6. The molecule has 9 heteroatoms. The van der Waals surface area contributed by atoms with Gasteiger partial charge in [0.15, 0.2) is 0 Å². The summed E-state index contributed by atoms with van der Waals surface area (Å²) < 4.78 is 17.8. The van der Waals surface area contributed by atoms with E-state index >= 15 is 0 Å². The van der Waals surface area contributed by atoms with Crippen LogP contribution in [0.3, 0.4) is 0 Å². The van der Waals surface area contributed by atoms with Crippen molar-refractivity contribution >= 4 is 24.6 Å². The molecule has 0 aromatic heterocycles. The molecule has 2 saturated heterocycles. The van der Waals surface area contributed by atoms with Gasteiger partial charge in [-0.2, -0.15) is 0 Å². The van der Waals surface area contributed by atoms with E-state index in [1.165, 1.54) is 0 Å². The zero-order valence-corrected chi connectivity index (χ0v) is 21.0. The third-order valence-electron chi connectivity index (χ3n) is 6.28. The van der Waals surface area contributed by atoms with Crippen LogP contribution < -0.4 is 16.2 Å². The van der Waals surface area contributed by atoms with E-state index < -0.39 is 36.1 Å². The number of carbonyl (C=O) groups excluding carboxylic acids is 2. The number of hydrogen-bond donors (Lipinski definition) is 2. The molecule has 2 aliphatic rings. The predicted molar refractivity (Wildman–Crippen MR) is 128 cm³/mol. The normalized spacial score (nSPS) is 20.9. The van der Waals surface area contributed by atoms with Crippen LogP contribution in [0.1, 0.15) is 66.9 Å². The first-order valence-corrected chi connectivity index (χ1v) is 11.8. The summed E-state index contributed by atoms with van der Waals surface area (Å²) in [5.74, 6) is -0.179. The van der Waals surface area contributed by atoms with Crippen molar-refractivity contribution < 1.29 is 23.6 Å². The highest BCUT2D eigenvalue weighted by atomic mass is 16.7. The Morgan fingerprint density at radius 3 is 2.42 bits per heavy atom. The molecule has 2 amide bonds. The summed E-state index contributed by atoms with van der Waals surface area (Å²) >= 11 is 0. The van der Waals surface area contributed by atoms with Crippen molar-refractivity contribution in [2.45, 2.75) is 90.6 Å². The third kappa shape index (κ3) is 6.49. The molecule has 8 nitrogen and oxygen atoms in total. The summed E-state index contributed by atoms with van der Waals surface area (Å²) in [6, 6.07) is 7.02. The number of rotatable bonds is 5. The number of alkyl carbamates (subject to hydrolysis) is 1. The first-order chi connectivity index (χ1) is 15.3. The van der Waals surface area contributed by atoms with Gasteiger partial charge in [0.2, 0.25) is 0 Å². The average molecular weight is 459 g/mol. The summed E-state index contributed by atoms with van der Waals surface area (Å²) in [5.41, 5.74) is 3.37. The molecule has 0 spiro atoms. The van der Waals surface area contributed by atoms with Crippen LogP contribution in [0, 0.1) is 0 Å². The summed E-state index contributed by atoms with van der Waals surface area (Å²) in [6.45, 7) is 14.8. The fourth-order valence-electron chi connectivity index (χ4n) is 3.80. The summed E-state index contributed by atoms with van der Waals surface area (Å²) in [7, 11) is -0.494. The number of nitrogens with one attached hydrogen (secondary N) is 2. The Morgan fingerprint density at radius 2 is 1.85 bits per heavy atom. The Kier molecular flexibility index (Phi) is 7.46. The molecule has 33 heavy (non-hydrogen) atoms. The molecule has 182 valence electrons. The first kappa shape index (κ1) is 25.5. The van der Waals surface area contributed by atoms with Gasteiger partial charge in [-0.15, -0.1) is 0 Å².